The van der Waals surface area contributed by atoms with Crippen molar-refractivity contribution < 1.29 is 0 Å². The molecule has 1 N–H and O–H groups in total. The number of likely N-dealkylation sites (N-methyl/N-ethyl adjacent to an activating group) is 1. The lowest BCUT2D eigenvalue weighted by molar-refractivity contribution is 0.172. The van der Waals surface area contributed by atoms with Crippen LogP contribution < -0.4 is 5.32 Å². The second kappa shape index (κ2) is 4.73. The Morgan fingerprint density at radius 1 is 1.27 bits per heavy atom. The summed E-state index contributed by atoms with van der Waals surface area (Å²) < 4.78 is 0. The molecule has 1 heterocycles. The third kappa shape index (κ3) is 2.80. The summed E-state index contributed by atoms with van der Waals surface area (Å²) in [6.45, 7) is 6.05. The van der Waals surface area contributed by atoms with Crippen LogP contribution in [0.4, 0.5) is 0 Å². The highest BCUT2D eigenvalue weighted by Gasteiger charge is 2.14. The number of hydrogen-bond acceptors (Lipinski definition) is 2. The van der Waals surface area contributed by atoms with Gasteiger partial charge in [-0.25, -0.2) is 0 Å². The summed E-state index contributed by atoms with van der Waals surface area (Å²) >= 11 is 0. The molecule has 0 aromatic rings. The van der Waals surface area contributed by atoms with Crippen molar-refractivity contribution in [2.75, 3.05) is 26.7 Å². The molecular weight excluding hydrogens is 136 g/mol. The lowest BCUT2D eigenvalue weighted by Gasteiger charge is -2.32. The van der Waals surface area contributed by atoms with Crippen molar-refractivity contribution in [2.45, 2.75) is 32.2 Å². The van der Waals surface area contributed by atoms with Gasteiger partial charge < -0.3 is 5.32 Å². The first-order chi connectivity index (χ1) is 5.34. The quantitative estimate of drug-likeness (QED) is 0.658. The Bertz CT molecular complexity index is 97.7. The molecule has 0 aliphatic carbocycles. The summed E-state index contributed by atoms with van der Waals surface area (Å²) in [7, 11) is 2.03. The summed E-state index contributed by atoms with van der Waals surface area (Å²) in [6.07, 6.45) is 4.23. The highest BCUT2D eigenvalue weighted by Crippen LogP contribution is 2.11. The van der Waals surface area contributed by atoms with Crippen molar-refractivity contribution in [1.82, 2.24) is 10.2 Å². The number of nitrogens with one attached hydrogen (secondary N) is 1. The number of rotatable bonds is 3. The average Bonchev–Trinajstić information content (AvgIpc) is 2.07. The molecule has 0 aromatic carbocycles. The predicted molar refractivity (Wildman–Crippen MR) is 48.8 cm³/mol. The van der Waals surface area contributed by atoms with Crippen LogP contribution in [-0.2, 0) is 0 Å². The largest absolute Gasteiger partial charge is 0.318 e. The van der Waals surface area contributed by atoms with Gasteiger partial charge in [-0.2, -0.15) is 0 Å². The van der Waals surface area contributed by atoms with E-state index in [1.54, 1.807) is 0 Å². The molecule has 2 heteroatoms. The van der Waals surface area contributed by atoms with E-state index >= 15 is 0 Å². The topological polar surface area (TPSA) is 15.3 Å². The molecule has 1 atom stereocenters. The first kappa shape index (κ1) is 9.01. The van der Waals surface area contributed by atoms with Crippen molar-refractivity contribution in [3.63, 3.8) is 0 Å². The minimum absolute atomic E-state index is 0.722. The minimum atomic E-state index is 0.722. The fourth-order valence-electron chi connectivity index (χ4n) is 1.78. The van der Waals surface area contributed by atoms with E-state index in [4.69, 9.17) is 0 Å². The van der Waals surface area contributed by atoms with E-state index in [9.17, 15) is 0 Å². The summed E-state index contributed by atoms with van der Waals surface area (Å²) in [6, 6.07) is 0.722. The molecular formula is C9H20N2. The van der Waals surface area contributed by atoms with Crippen LogP contribution in [0.1, 0.15) is 26.2 Å². The fourth-order valence-corrected chi connectivity index (χ4v) is 1.78. The minimum Gasteiger partial charge on any atom is -0.318 e. The standard InChI is InChI=1S/C9H20N2/c1-9(8-10-2)11-6-4-3-5-7-11/h9-10H,3-8H2,1-2H3. The summed E-state index contributed by atoms with van der Waals surface area (Å²) in [5.41, 5.74) is 0. The van der Waals surface area contributed by atoms with Gasteiger partial charge in [0.05, 0.1) is 0 Å². The van der Waals surface area contributed by atoms with Gasteiger partial charge in [0.1, 0.15) is 0 Å². The smallest absolute Gasteiger partial charge is 0.0192 e. The Labute approximate surface area is 70.0 Å². The van der Waals surface area contributed by atoms with Crippen LogP contribution in [0.3, 0.4) is 0 Å². The summed E-state index contributed by atoms with van der Waals surface area (Å²) in [4.78, 5) is 2.58. The molecule has 1 saturated heterocycles. The van der Waals surface area contributed by atoms with E-state index in [2.05, 4.69) is 17.1 Å². The van der Waals surface area contributed by atoms with Gasteiger partial charge in [0.2, 0.25) is 0 Å². The van der Waals surface area contributed by atoms with Gasteiger partial charge in [-0.1, -0.05) is 6.42 Å². The fraction of sp³-hybridized carbons (Fsp3) is 1.00. The SMILES string of the molecule is CNCC(C)N1CCCCC1. The molecule has 1 rings (SSSR count). The van der Waals surface area contributed by atoms with E-state index in [1.165, 1.54) is 32.4 Å². The van der Waals surface area contributed by atoms with Crippen molar-refractivity contribution in [3.05, 3.63) is 0 Å². The third-order valence-corrected chi connectivity index (χ3v) is 2.51. The van der Waals surface area contributed by atoms with Crippen molar-refractivity contribution in [3.8, 4) is 0 Å². The van der Waals surface area contributed by atoms with Gasteiger partial charge in [0.15, 0.2) is 0 Å². The van der Waals surface area contributed by atoms with Crippen LogP contribution in [0.15, 0.2) is 0 Å². The van der Waals surface area contributed by atoms with Gasteiger partial charge in [0, 0.05) is 12.6 Å². The molecule has 0 saturated carbocycles. The van der Waals surface area contributed by atoms with Crippen LogP contribution in [0.2, 0.25) is 0 Å². The van der Waals surface area contributed by atoms with Gasteiger partial charge in [-0.15, -0.1) is 0 Å². The molecule has 0 amide bonds. The van der Waals surface area contributed by atoms with E-state index in [-0.39, 0.29) is 0 Å². The molecule has 1 fully saturated rings. The number of hydrogen-bond donors (Lipinski definition) is 1. The zero-order valence-electron chi connectivity index (χ0n) is 7.77. The molecule has 0 radical (unpaired) electrons. The van der Waals surface area contributed by atoms with Crippen molar-refractivity contribution >= 4 is 0 Å². The second-order valence-electron chi connectivity index (χ2n) is 3.50. The first-order valence-corrected chi connectivity index (χ1v) is 4.73. The summed E-state index contributed by atoms with van der Waals surface area (Å²) in [5.74, 6) is 0. The number of piperidine rings is 1. The molecule has 0 bridgehead atoms. The Morgan fingerprint density at radius 2 is 1.91 bits per heavy atom. The van der Waals surface area contributed by atoms with E-state index in [1.807, 2.05) is 7.05 Å². The highest BCUT2D eigenvalue weighted by molar-refractivity contribution is 4.72. The molecule has 1 aliphatic rings. The maximum absolute atomic E-state index is 3.22. The van der Waals surface area contributed by atoms with E-state index in [0.717, 1.165) is 12.6 Å². The van der Waals surface area contributed by atoms with Crippen LogP contribution in [-0.4, -0.2) is 37.6 Å². The Kier molecular flexibility index (Phi) is 3.87. The van der Waals surface area contributed by atoms with E-state index < -0.39 is 0 Å². The van der Waals surface area contributed by atoms with Gasteiger partial charge in [-0.05, 0) is 39.9 Å². The van der Waals surface area contributed by atoms with Gasteiger partial charge in [-0.3, -0.25) is 4.90 Å². The molecule has 1 unspecified atom stereocenters. The molecule has 66 valence electrons. The van der Waals surface area contributed by atoms with Crippen molar-refractivity contribution in [2.24, 2.45) is 0 Å². The molecule has 1 aliphatic heterocycles. The highest BCUT2D eigenvalue weighted by atomic mass is 15.2. The van der Waals surface area contributed by atoms with Gasteiger partial charge >= 0.3 is 0 Å². The average molecular weight is 156 g/mol. The monoisotopic (exact) mass is 156 g/mol. The Balaban J connectivity index is 2.21. The zero-order chi connectivity index (χ0) is 8.10. The van der Waals surface area contributed by atoms with Crippen LogP contribution in [0.5, 0.6) is 0 Å². The van der Waals surface area contributed by atoms with Crippen LogP contribution >= 0.6 is 0 Å². The second-order valence-corrected chi connectivity index (χ2v) is 3.50. The normalized spacial score (nSPS) is 23.5. The third-order valence-electron chi connectivity index (χ3n) is 2.51. The molecule has 2 nitrogen and oxygen atoms in total. The predicted octanol–water partition coefficient (Wildman–Crippen LogP) is 1.08. The lowest BCUT2D eigenvalue weighted by Crippen LogP contribution is -2.42. The van der Waals surface area contributed by atoms with Gasteiger partial charge in [0.25, 0.3) is 0 Å². The Hall–Kier alpha value is -0.0800. The number of likely N-dealkylation sites (tertiary alicyclic amines) is 1. The lowest BCUT2D eigenvalue weighted by atomic mass is 10.1. The van der Waals surface area contributed by atoms with Crippen LogP contribution in [0, 0.1) is 0 Å². The Morgan fingerprint density at radius 3 is 2.45 bits per heavy atom. The zero-order valence-corrected chi connectivity index (χ0v) is 7.77. The summed E-state index contributed by atoms with van der Waals surface area (Å²) in [5, 5.41) is 3.22. The van der Waals surface area contributed by atoms with Crippen LogP contribution in [0.25, 0.3) is 0 Å². The maximum Gasteiger partial charge on any atom is 0.0192 e. The number of nitrogens with zero attached hydrogens (tertiary/aromatic N) is 1. The first-order valence-electron chi connectivity index (χ1n) is 4.73. The van der Waals surface area contributed by atoms with Crippen molar-refractivity contribution in [1.29, 1.82) is 0 Å². The molecule has 0 aromatic heterocycles. The maximum atomic E-state index is 3.22. The van der Waals surface area contributed by atoms with E-state index in [0.29, 0.717) is 0 Å². The molecule has 11 heavy (non-hydrogen) atoms. The molecule has 0 spiro atoms.